The molecule has 16 heavy (non-hydrogen) atoms. The summed E-state index contributed by atoms with van der Waals surface area (Å²) >= 11 is 0. The second-order valence-electron chi connectivity index (χ2n) is 5.84. The van der Waals surface area contributed by atoms with Crippen LogP contribution in [0.4, 0.5) is 0 Å². The fourth-order valence-electron chi connectivity index (χ4n) is 1.72. The predicted octanol–water partition coefficient (Wildman–Crippen LogP) is 2.21. The molecule has 0 aromatic carbocycles. The second kappa shape index (κ2) is 4.17. The minimum Gasteiger partial charge on any atom is -0.388 e. The lowest BCUT2D eigenvalue weighted by Crippen LogP contribution is -2.32. The van der Waals surface area contributed by atoms with Gasteiger partial charge in [0.1, 0.15) is 12.4 Å². The highest BCUT2D eigenvalue weighted by atomic mass is 16.3. The normalized spacial score (nSPS) is 13.2. The van der Waals surface area contributed by atoms with E-state index < -0.39 is 0 Å². The number of aliphatic hydroxyl groups is 1. The van der Waals surface area contributed by atoms with E-state index in [-0.39, 0.29) is 17.6 Å². The van der Waals surface area contributed by atoms with Gasteiger partial charge in [0.25, 0.3) is 0 Å². The quantitative estimate of drug-likeness (QED) is 0.858. The molecule has 1 rings (SSSR count). The second-order valence-corrected chi connectivity index (χ2v) is 5.84. The average Bonchev–Trinajstić information content (AvgIpc) is 2.61. The summed E-state index contributed by atoms with van der Waals surface area (Å²) in [5.41, 5.74) is -0.128. The highest BCUT2D eigenvalue weighted by Crippen LogP contribution is 2.30. The minimum atomic E-state index is -0.108. The van der Waals surface area contributed by atoms with Crippen LogP contribution in [0.2, 0.25) is 0 Å². The van der Waals surface area contributed by atoms with Crippen LogP contribution in [0.5, 0.6) is 0 Å². The van der Waals surface area contributed by atoms with Crippen LogP contribution < -0.4 is 0 Å². The summed E-state index contributed by atoms with van der Waals surface area (Å²) in [5.74, 6) is 1.59. The van der Waals surface area contributed by atoms with Gasteiger partial charge in [0.2, 0.25) is 0 Å². The molecule has 0 aliphatic carbocycles. The monoisotopic (exact) mass is 225 g/mol. The first-order valence-corrected chi connectivity index (χ1v) is 5.80. The van der Waals surface area contributed by atoms with E-state index in [9.17, 15) is 5.11 Å². The summed E-state index contributed by atoms with van der Waals surface area (Å²) in [6.07, 6.45) is 0.993. The molecule has 0 spiro atoms. The molecule has 0 amide bonds. The highest BCUT2D eigenvalue weighted by molar-refractivity contribution is 5.10. The molecular weight excluding hydrogens is 202 g/mol. The summed E-state index contributed by atoms with van der Waals surface area (Å²) in [6.45, 7) is 12.7. The number of hydrogen-bond donors (Lipinski definition) is 1. The van der Waals surface area contributed by atoms with Crippen LogP contribution in [0.25, 0.3) is 0 Å². The first-order chi connectivity index (χ1) is 7.24. The molecule has 0 aliphatic rings. The largest absolute Gasteiger partial charge is 0.388 e. The zero-order valence-electron chi connectivity index (χ0n) is 11.2. The van der Waals surface area contributed by atoms with Crippen molar-refractivity contribution in [1.82, 2.24) is 14.8 Å². The van der Waals surface area contributed by atoms with Gasteiger partial charge in [0, 0.05) is 11.0 Å². The van der Waals surface area contributed by atoms with E-state index in [0.717, 1.165) is 12.2 Å². The van der Waals surface area contributed by atoms with Crippen molar-refractivity contribution in [3.05, 3.63) is 11.6 Å². The molecule has 0 saturated carbocycles. The molecule has 0 atom stereocenters. The predicted molar refractivity (Wildman–Crippen MR) is 64.3 cm³/mol. The molecule has 1 aromatic rings. The first-order valence-electron chi connectivity index (χ1n) is 5.80. The van der Waals surface area contributed by atoms with Crippen LogP contribution in [-0.2, 0) is 17.6 Å². The topological polar surface area (TPSA) is 50.9 Å². The summed E-state index contributed by atoms with van der Waals surface area (Å²) in [6, 6.07) is 0. The Morgan fingerprint density at radius 1 is 1.12 bits per heavy atom. The van der Waals surface area contributed by atoms with Crippen LogP contribution in [0.15, 0.2) is 0 Å². The smallest absolute Gasteiger partial charge is 0.159 e. The fourth-order valence-corrected chi connectivity index (χ4v) is 1.72. The van der Waals surface area contributed by atoms with E-state index in [1.165, 1.54) is 0 Å². The molecule has 1 heterocycles. The summed E-state index contributed by atoms with van der Waals surface area (Å²) in [7, 11) is 0. The molecule has 0 aliphatic heterocycles. The maximum atomic E-state index is 9.31. The Bertz CT molecular complexity index is 361. The molecule has 0 bridgehead atoms. The van der Waals surface area contributed by atoms with Gasteiger partial charge >= 0.3 is 0 Å². The van der Waals surface area contributed by atoms with Gasteiger partial charge in [-0.25, -0.2) is 0 Å². The zero-order valence-corrected chi connectivity index (χ0v) is 11.2. The van der Waals surface area contributed by atoms with Gasteiger partial charge in [-0.15, -0.1) is 10.2 Å². The Morgan fingerprint density at radius 2 is 1.69 bits per heavy atom. The van der Waals surface area contributed by atoms with Gasteiger partial charge in [-0.05, 0) is 27.2 Å². The van der Waals surface area contributed by atoms with Crippen LogP contribution in [0.3, 0.4) is 0 Å². The molecule has 0 radical (unpaired) electrons. The van der Waals surface area contributed by atoms with E-state index in [2.05, 4.69) is 56.3 Å². The number of rotatable bonds is 3. The van der Waals surface area contributed by atoms with E-state index in [1.54, 1.807) is 0 Å². The fraction of sp³-hybridized carbons (Fsp3) is 0.833. The Kier molecular flexibility index (Phi) is 3.43. The molecule has 4 heteroatoms. The SMILES string of the molecule is CCC(C)(C)c1nnc(CO)n1C(C)(C)C. The number of aromatic nitrogens is 3. The van der Waals surface area contributed by atoms with Crippen LogP contribution in [-0.4, -0.2) is 19.9 Å². The third kappa shape index (κ3) is 2.26. The summed E-state index contributed by atoms with van der Waals surface area (Å²) < 4.78 is 2.05. The highest BCUT2D eigenvalue weighted by Gasteiger charge is 2.31. The molecule has 92 valence electrons. The summed E-state index contributed by atoms with van der Waals surface area (Å²) in [5, 5.41) is 17.6. The van der Waals surface area contributed by atoms with Gasteiger partial charge in [0.05, 0.1) is 0 Å². The summed E-state index contributed by atoms with van der Waals surface area (Å²) in [4.78, 5) is 0. The van der Waals surface area contributed by atoms with E-state index in [0.29, 0.717) is 5.82 Å². The number of nitrogens with zero attached hydrogens (tertiary/aromatic N) is 3. The molecule has 1 aromatic heterocycles. The Morgan fingerprint density at radius 3 is 2.06 bits per heavy atom. The minimum absolute atomic E-state index is 0.0201. The van der Waals surface area contributed by atoms with Crippen molar-refractivity contribution >= 4 is 0 Å². The van der Waals surface area contributed by atoms with E-state index >= 15 is 0 Å². The average molecular weight is 225 g/mol. The standard InChI is InChI=1S/C12H23N3O/c1-7-12(5,6)10-14-13-9(8-16)15(10)11(2,3)4/h16H,7-8H2,1-6H3. The van der Waals surface area contributed by atoms with Crippen molar-refractivity contribution in [2.75, 3.05) is 0 Å². The van der Waals surface area contributed by atoms with Gasteiger partial charge < -0.3 is 9.67 Å². The van der Waals surface area contributed by atoms with Gasteiger partial charge in [-0.3, -0.25) is 0 Å². The maximum Gasteiger partial charge on any atom is 0.159 e. The van der Waals surface area contributed by atoms with Crippen molar-refractivity contribution in [3.63, 3.8) is 0 Å². The van der Waals surface area contributed by atoms with Gasteiger partial charge in [-0.2, -0.15) is 0 Å². The van der Waals surface area contributed by atoms with E-state index in [4.69, 9.17) is 0 Å². The Balaban J connectivity index is 3.37. The molecule has 0 unspecified atom stereocenters. The Labute approximate surface area is 97.7 Å². The van der Waals surface area contributed by atoms with Crippen molar-refractivity contribution in [2.24, 2.45) is 0 Å². The molecular formula is C12H23N3O. The van der Waals surface area contributed by atoms with Gasteiger partial charge in [0.15, 0.2) is 5.82 Å². The van der Waals surface area contributed by atoms with Crippen LogP contribution >= 0.6 is 0 Å². The van der Waals surface area contributed by atoms with Crippen LogP contribution in [0, 0.1) is 0 Å². The van der Waals surface area contributed by atoms with Crippen molar-refractivity contribution < 1.29 is 5.11 Å². The lowest BCUT2D eigenvalue weighted by atomic mass is 9.88. The lowest BCUT2D eigenvalue weighted by Gasteiger charge is -2.30. The lowest BCUT2D eigenvalue weighted by molar-refractivity contribution is 0.243. The number of aliphatic hydroxyl groups excluding tert-OH is 1. The molecule has 4 nitrogen and oxygen atoms in total. The molecule has 0 saturated heterocycles. The zero-order chi connectivity index (χ0) is 12.6. The first kappa shape index (κ1) is 13.2. The van der Waals surface area contributed by atoms with Crippen molar-refractivity contribution in [2.45, 2.75) is 65.5 Å². The molecule has 0 fully saturated rings. The number of hydrogen-bond acceptors (Lipinski definition) is 3. The van der Waals surface area contributed by atoms with Crippen LogP contribution in [0.1, 0.15) is 59.6 Å². The third-order valence-electron chi connectivity index (χ3n) is 3.03. The maximum absolute atomic E-state index is 9.31. The Hall–Kier alpha value is -0.900. The molecule has 1 N–H and O–H groups in total. The third-order valence-corrected chi connectivity index (χ3v) is 3.03. The van der Waals surface area contributed by atoms with Gasteiger partial charge in [-0.1, -0.05) is 20.8 Å². The van der Waals surface area contributed by atoms with Crippen molar-refractivity contribution in [3.8, 4) is 0 Å². The van der Waals surface area contributed by atoms with Crippen molar-refractivity contribution in [1.29, 1.82) is 0 Å². The van der Waals surface area contributed by atoms with E-state index in [1.807, 2.05) is 0 Å².